The molecule has 2 aromatic carbocycles. The van der Waals surface area contributed by atoms with E-state index in [4.69, 9.17) is 9.47 Å². The maximum absolute atomic E-state index is 11.7. The van der Waals surface area contributed by atoms with Crippen molar-refractivity contribution in [2.24, 2.45) is 5.92 Å². The quantitative estimate of drug-likeness (QED) is 0.590. The Balaban J connectivity index is 1.73. The summed E-state index contributed by atoms with van der Waals surface area (Å²) >= 11 is 0. The van der Waals surface area contributed by atoms with Gasteiger partial charge in [0.05, 0.1) is 19.3 Å². The second kappa shape index (κ2) is 10.9. The molecule has 0 radical (unpaired) electrons. The van der Waals surface area contributed by atoms with Crippen molar-refractivity contribution in [1.29, 1.82) is 0 Å². The fourth-order valence-electron chi connectivity index (χ4n) is 2.34. The molecule has 0 aromatic heterocycles. The third-order valence-electron chi connectivity index (χ3n) is 3.86. The number of carbonyl (C=O) groups is 2. The maximum atomic E-state index is 11.7. The van der Waals surface area contributed by atoms with Crippen LogP contribution in [0.5, 0.6) is 0 Å². The molecule has 27 heavy (non-hydrogen) atoms. The van der Waals surface area contributed by atoms with Crippen LogP contribution in [0.1, 0.15) is 11.1 Å². The van der Waals surface area contributed by atoms with Crippen molar-refractivity contribution in [2.75, 3.05) is 13.2 Å². The predicted molar refractivity (Wildman–Crippen MR) is 97.9 cm³/mol. The van der Waals surface area contributed by atoms with Crippen LogP contribution >= 0.6 is 0 Å². The van der Waals surface area contributed by atoms with Gasteiger partial charge in [-0.1, -0.05) is 60.7 Å². The number of hydrogen-bond acceptors (Lipinski definition) is 5. The molecule has 0 aliphatic carbocycles. The summed E-state index contributed by atoms with van der Waals surface area (Å²) in [5, 5.41) is 21.7. The van der Waals surface area contributed by atoms with Crippen molar-refractivity contribution in [1.82, 2.24) is 5.32 Å². The van der Waals surface area contributed by atoms with Crippen LogP contribution in [0, 0.1) is 5.92 Å². The average molecular weight is 373 g/mol. The van der Waals surface area contributed by atoms with E-state index in [0.29, 0.717) is 0 Å². The number of benzene rings is 2. The van der Waals surface area contributed by atoms with Crippen LogP contribution < -0.4 is 5.32 Å². The maximum Gasteiger partial charge on any atom is 0.407 e. The van der Waals surface area contributed by atoms with Gasteiger partial charge in [-0.3, -0.25) is 4.79 Å². The van der Waals surface area contributed by atoms with Crippen molar-refractivity contribution in [2.45, 2.75) is 19.3 Å². The van der Waals surface area contributed by atoms with Gasteiger partial charge in [-0.05, 0) is 11.1 Å². The number of aliphatic carboxylic acids is 1. The molecular weight excluding hydrogens is 350 g/mol. The fraction of sp³-hybridized carbons (Fsp3) is 0.300. The molecule has 3 N–H and O–H groups in total. The summed E-state index contributed by atoms with van der Waals surface area (Å²) in [5.41, 5.74) is 1.73. The standard InChI is InChI=1S/C20H23NO6/c22-18(14-26-12-15-7-3-1-4-8-15)17(19(23)24)11-21-20(25)27-13-16-9-5-2-6-10-16/h1-10,17-18,22H,11-14H2,(H,21,25)(H,23,24)/t17-,18-/m0/s1. The number of carboxylic acid groups (broad SMARTS) is 1. The minimum atomic E-state index is -1.26. The van der Waals surface area contributed by atoms with E-state index in [0.717, 1.165) is 11.1 Å². The van der Waals surface area contributed by atoms with Crippen molar-refractivity contribution in [3.05, 3.63) is 71.8 Å². The van der Waals surface area contributed by atoms with E-state index in [1.807, 2.05) is 48.5 Å². The van der Waals surface area contributed by atoms with E-state index in [1.54, 1.807) is 12.1 Å². The first-order valence-corrected chi connectivity index (χ1v) is 8.53. The molecule has 0 aliphatic heterocycles. The molecule has 7 heteroatoms. The molecule has 0 saturated carbocycles. The number of carbonyl (C=O) groups excluding carboxylic acids is 1. The largest absolute Gasteiger partial charge is 0.481 e. The smallest absolute Gasteiger partial charge is 0.407 e. The normalized spacial score (nSPS) is 12.8. The van der Waals surface area contributed by atoms with Crippen molar-refractivity contribution in [3.8, 4) is 0 Å². The lowest BCUT2D eigenvalue weighted by molar-refractivity contribution is -0.147. The Bertz CT molecular complexity index is 707. The molecule has 7 nitrogen and oxygen atoms in total. The van der Waals surface area contributed by atoms with Crippen LogP contribution in [0.4, 0.5) is 4.79 Å². The fourth-order valence-corrected chi connectivity index (χ4v) is 2.34. The van der Waals surface area contributed by atoms with Gasteiger partial charge in [-0.15, -0.1) is 0 Å². The third-order valence-corrected chi connectivity index (χ3v) is 3.86. The van der Waals surface area contributed by atoms with Gasteiger partial charge in [0.25, 0.3) is 0 Å². The van der Waals surface area contributed by atoms with E-state index >= 15 is 0 Å². The molecule has 1 amide bonds. The van der Waals surface area contributed by atoms with Gasteiger partial charge >= 0.3 is 12.1 Å². The van der Waals surface area contributed by atoms with E-state index in [-0.39, 0.29) is 26.4 Å². The van der Waals surface area contributed by atoms with Gasteiger partial charge in [0.1, 0.15) is 12.5 Å². The number of ether oxygens (including phenoxy) is 2. The summed E-state index contributed by atoms with van der Waals surface area (Å²) < 4.78 is 10.4. The van der Waals surface area contributed by atoms with Crippen LogP contribution in [0.15, 0.2) is 60.7 Å². The number of aliphatic hydroxyl groups excluding tert-OH is 1. The first-order valence-electron chi connectivity index (χ1n) is 8.53. The lowest BCUT2D eigenvalue weighted by atomic mass is 10.0. The molecule has 2 atom stereocenters. The summed E-state index contributed by atoms with van der Waals surface area (Å²) in [6.07, 6.45) is -2.01. The molecule has 0 spiro atoms. The van der Waals surface area contributed by atoms with Crippen LogP contribution in [0.25, 0.3) is 0 Å². The summed E-state index contributed by atoms with van der Waals surface area (Å²) in [5.74, 6) is -2.43. The molecule has 0 saturated heterocycles. The van der Waals surface area contributed by atoms with Crippen LogP contribution in [0.3, 0.4) is 0 Å². The Morgan fingerprint density at radius 1 is 0.926 bits per heavy atom. The summed E-state index contributed by atoms with van der Waals surface area (Å²) in [6, 6.07) is 18.4. The highest BCUT2D eigenvalue weighted by Gasteiger charge is 2.27. The van der Waals surface area contributed by atoms with Gasteiger partial charge in [-0.25, -0.2) is 4.79 Å². The van der Waals surface area contributed by atoms with Crippen LogP contribution in [-0.4, -0.2) is 41.5 Å². The Labute approximate surface area is 157 Å². The molecule has 2 aromatic rings. The summed E-state index contributed by atoms with van der Waals surface area (Å²) in [6.45, 7) is -0.0879. The highest BCUT2D eigenvalue weighted by Crippen LogP contribution is 2.07. The number of alkyl carbamates (subject to hydrolysis) is 1. The number of aliphatic hydroxyl groups is 1. The Kier molecular flexibility index (Phi) is 8.28. The Hall–Kier alpha value is -2.90. The topological polar surface area (TPSA) is 105 Å². The average Bonchev–Trinajstić information content (AvgIpc) is 2.68. The zero-order valence-corrected chi connectivity index (χ0v) is 14.8. The zero-order valence-electron chi connectivity index (χ0n) is 14.8. The lowest BCUT2D eigenvalue weighted by Gasteiger charge is -2.19. The van der Waals surface area contributed by atoms with E-state index < -0.39 is 24.1 Å². The SMILES string of the molecule is O=C(NC[C@H](C(=O)O)[C@@H](O)COCc1ccccc1)OCc1ccccc1. The minimum Gasteiger partial charge on any atom is -0.481 e. The molecular formula is C20H23NO6. The highest BCUT2D eigenvalue weighted by molar-refractivity contribution is 5.73. The molecule has 0 bridgehead atoms. The first-order chi connectivity index (χ1) is 13.1. The second-order valence-electron chi connectivity index (χ2n) is 5.96. The van der Waals surface area contributed by atoms with Gasteiger partial charge in [-0.2, -0.15) is 0 Å². The second-order valence-corrected chi connectivity index (χ2v) is 5.96. The van der Waals surface area contributed by atoms with E-state index in [1.165, 1.54) is 0 Å². The van der Waals surface area contributed by atoms with Crippen LogP contribution in [0.2, 0.25) is 0 Å². The van der Waals surface area contributed by atoms with Crippen molar-refractivity contribution >= 4 is 12.1 Å². The number of nitrogens with one attached hydrogen (secondary N) is 1. The molecule has 0 unspecified atom stereocenters. The van der Waals surface area contributed by atoms with E-state index in [2.05, 4.69) is 5.32 Å². The molecule has 0 fully saturated rings. The van der Waals surface area contributed by atoms with Crippen LogP contribution in [-0.2, 0) is 27.5 Å². The third kappa shape index (κ3) is 7.47. The van der Waals surface area contributed by atoms with Gasteiger partial charge in [0.15, 0.2) is 0 Å². The number of hydrogen-bond donors (Lipinski definition) is 3. The van der Waals surface area contributed by atoms with Gasteiger partial charge < -0.3 is 25.0 Å². The molecule has 144 valence electrons. The Morgan fingerprint density at radius 2 is 1.48 bits per heavy atom. The number of amides is 1. The first kappa shape index (κ1) is 20.4. The summed E-state index contributed by atoms with van der Waals surface area (Å²) in [7, 11) is 0. The Morgan fingerprint density at radius 3 is 2.04 bits per heavy atom. The van der Waals surface area contributed by atoms with E-state index in [9.17, 15) is 19.8 Å². The predicted octanol–water partition coefficient (Wildman–Crippen LogP) is 2.19. The highest BCUT2D eigenvalue weighted by atomic mass is 16.5. The van der Waals surface area contributed by atoms with Crippen molar-refractivity contribution in [3.63, 3.8) is 0 Å². The van der Waals surface area contributed by atoms with Crippen molar-refractivity contribution < 1.29 is 29.3 Å². The molecule has 0 aliphatic rings. The number of carboxylic acids is 1. The summed E-state index contributed by atoms with van der Waals surface area (Å²) in [4.78, 5) is 23.1. The lowest BCUT2D eigenvalue weighted by Crippen LogP contribution is -2.41. The monoisotopic (exact) mass is 373 g/mol. The number of rotatable bonds is 10. The minimum absolute atomic E-state index is 0.0765. The van der Waals surface area contributed by atoms with Gasteiger partial charge in [0, 0.05) is 6.54 Å². The zero-order chi connectivity index (χ0) is 19.5. The van der Waals surface area contributed by atoms with Gasteiger partial charge in [0.2, 0.25) is 0 Å². The molecule has 2 rings (SSSR count). The molecule has 0 heterocycles.